The summed E-state index contributed by atoms with van der Waals surface area (Å²) in [4.78, 5) is 0. The molecule has 0 aromatic heterocycles. The van der Waals surface area contributed by atoms with Crippen molar-refractivity contribution in [1.29, 1.82) is 0 Å². The van der Waals surface area contributed by atoms with Crippen LogP contribution in [0.5, 0.6) is 0 Å². The summed E-state index contributed by atoms with van der Waals surface area (Å²) >= 11 is 0. The third-order valence-corrected chi connectivity index (χ3v) is 8.71. The van der Waals surface area contributed by atoms with E-state index in [4.69, 9.17) is 0 Å². The first-order valence-electron chi connectivity index (χ1n) is 11.8. The van der Waals surface area contributed by atoms with E-state index in [1.807, 2.05) is 25.5 Å². The Labute approximate surface area is 200 Å². The van der Waals surface area contributed by atoms with E-state index in [1.165, 1.54) is 43.5 Å². The zero-order valence-corrected chi connectivity index (χ0v) is 20.4. The van der Waals surface area contributed by atoms with Gasteiger partial charge in [0, 0.05) is 17.1 Å². The summed E-state index contributed by atoms with van der Waals surface area (Å²) in [5, 5.41) is 6.05. The van der Waals surface area contributed by atoms with Crippen LogP contribution in [0, 0.1) is 11.8 Å². The molecule has 0 aliphatic heterocycles. The molecule has 0 saturated heterocycles. The van der Waals surface area contributed by atoms with Gasteiger partial charge in [0.05, 0.1) is 0 Å². The first kappa shape index (κ1) is 21.1. The fourth-order valence-corrected chi connectivity index (χ4v) is 6.39. The van der Waals surface area contributed by atoms with Crippen LogP contribution in [0.25, 0.3) is 21.9 Å². The van der Waals surface area contributed by atoms with Gasteiger partial charge in [-0.15, -0.1) is 0 Å². The molecule has 0 radical (unpaired) electrons. The van der Waals surface area contributed by atoms with Gasteiger partial charge in [-0.3, -0.25) is 0 Å². The Morgan fingerprint density at radius 3 is 1.74 bits per heavy atom. The van der Waals surface area contributed by atoms with E-state index >= 15 is 0 Å². The van der Waals surface area contributed by atoms with E-state index in [-0.39, 0.29) is 11.8 Å². The lowest BCUT2D eigenvalue weighted by molar-refractivity contribution is 0.588. The first-order valence-corrected chi connectivity index (χ1v) is 14.4. The molecule has 0 N–H and O–H groups in total. The number of benzene rings is 4. The van der Waals surface area contributed by atoms with Crippen molar-refractivity contribution < 1.29 is 4.57 Å². The molecule has 2 heteroatoms. The van der Waals surface area contributed by atoms with Crippen molar-refractivity contribution in [1.82, 2.24) is 0 Å². The molecule has 0 spiro atoms. The van der Waals surface area contributed by atoms with Crippen molar-refractivity contribution >= 4 is 34.4 Å². The van der Waals surface area contributed by atoms with Gasteiger partial charge in [0.15, 0.2) is 0 Å². The van der Waals surface area contributed by atoms with Crippen LogP contribution in [0.4, 0.5) is 0 Å². The lowest BCUT2D eigenvalue weighted by Crippen LogP contribution is -2.40. The summed E-state index contributed by atoms with van der Waals surface area (Å²) in [6.07, 6.45) is 9.05. The molecule has 2 aliphatic rings. The molecule has 0 bridgehead atoms. The summed E-state index contributed by atoms with van der Waals surface area (Å²) < 4.78 is 12.6. The monoisotopic (exact) mass is 458 g/mol. The molecule has 0 heterocycles. The summed E-state index contributed by atoms with van der Waals surface area (Å²) in [5.74, 6) is 0.515. The maximum atomic E-state index is 12.6. The normalized spacial score (nSPS) is 19.2. The van der Waals surface area contributed by atoms with Gasteiger partial charge in [-0.25, -0.2) is 0 Å². The van der Waals surface area contributed by atoms with Crippen molar-refractivity contribution in [3.8, 4) is 0 Å². The molecule has 6 rings (SSSR count). The maximum Gasteiger partial charge on any atom is 0.109 e. The van der Waals surface area contributed by atoms with Gasteiger partial charge in [-0.05, 0) is 62.9 Å². The SMILES string of the molecule is CP(C)(=O)c1ccc(C2=c3ccccc3=C(c3ccc4ccccc4c3)C3C=CC=CC23)cc1. The van der Waals surface area contributed by atoms with E-state index < -0.39 is 7.14 Å². The number of fused-ring (bicyclic) bond motifs is 3. The molecule has 166 valence electrons. The van der Waals surface area contributed by atoms with Crippen LogP contribution >= 0.6 is 7.14 Å². The molecule has 4 aromatic rings. The van der Waals surface area contributed by atoms with Crippen molar-refractivity contribution in [2.75, 3.05) is 13.3 Å². The van der Waals surface area contributed by atoms with Crippen LogP contribution in [0.3, 0.4) is 0 Å². The minimum atomic E-state index is -2.28. The molecule has 2 aliphatic carbocycles. The summed E-state index contributed by atoms with van der Waals surface area (Å²) in [5.41, 5.74) is 5.23. The Balaban J connectivity index is 1.66. The van der Waals surface area contributed by atoms with Crippen LogP contribution in [0.2, 0.25) is 0 Å². The van der Waals surface area contributed by atoms with Gasteiger partial charge >= 0.3 is 0 Å². The van der Waals surface area contributed by atoms with E-state index in [1.54, 1.807) is 0 Å². The summed E-state index contributed by atoms with van der Waals surface area (Å²) in [7, 11) is -2.28. The summed E-state index contributed by atoms with van der Waals surface area (Å²) in [6, 6.07) is 32.6. The van der Waals surface area contributed by atoms with Crippen LogP contribution in [0.1, 0.15) is 11.1 Å². The van der Waals surface area contributed by atoms with E-state index in [2.05, 4.69) is 103 Å². The third-order valence-electron chi connectivity index (χ3n) is 7.17. The van der Waals surface area contributed by atoms with Crippen LogP contribution < -0.4 is 15.7 Å². The van der Waals surface area contributed by atoms with Gasteiger partial charge < -0.3 is 4.57 Å². The lowest BCUT2D eigenvalue weighted by atomic mass is 9.70. The Kier molecular flexibility index (Phi) is 5.05. The molecule has 0 fully saturated rings. The quantitative estimate of drug-likeness (QED) is 0.352. The second kappa shape index (κ2) is 8.12. The highest BCUT2D eigenvalue weighted by molar-refractivity contribution is 7.70. The van der Waals surface area contributed by atoms with E-state index in [9.17, 15) is 4.57 Å². The average Bonchev–Trinajstić information content (AvgIpc) is 2.86. The van der Waals surface area contributed by atoms with Crippen LogP contribution in [0.15, 0.2) is 115 Å². The standard InChI is InChI=1S/C32H27OP/c1-34(2,33)26-19-17-23(18-20-26)31-27-11-5-7-13-29(27)32(30-14-8-6-12-28(30)31)25-16-15-22-9-3-4-10-24(22)21-25/h3-21,27,29H,1-2H3. The van der Waals surface area contributed by atoms with Crippen molar-refractivity contribution in [3.05, 3.63) is 137 Å². The van der Waals surface area contributed by atoms with E-state index in [0.717, 1.165) is 5.30 Å². The molecule has 34 heavy (non-hydrogen) atoms. The first-order chi connectivity index (χ1) is 16.5. The Bertz CT molecular complexity index is 1650. The summed E-state index contributed by atoms with van der Waals surface area (Å²) in [6.45, 7) is 3.67. The highest BCUT2D eigenvalue weighted by Crippen LogP contribution is 2.41. The fourth-order valence-electron chi connectivity index (χ4n) is 5.52. The topological polar surface area (TPSA) is 17.1 Å². The smallest absolute Gasteiger partial charge is 0.109 e. The highest BCUT2D eigenvalue weighted by Gasteiger charge is 2.31. The van der Waals surface area contributed by atoms with Gasteiger partial charge in [0.25, 0.3) is 0 Å². The zero-order valence-electron chi connectivity index (χ0n) is 19.5. The van der Waals surface area contributed by atoms with Gasteiger partial charge in [0.1, 0.15) is 7.14 Å². The van der Waals surface area contributed by atoms with Gasteiger partial charge in [-0.1, -0.05) is 109 Å². The molecular formula is C32H27OP. The number of hydrogen-bond acceptors (Lipinski definition) is 1. The predicted octanol–water partition coefficient (Wildman–Crippen LogP) is 5.86. The lowest BCUT2D eigenvalue weighted by Gasteiger charge is -2.33. The Hall–Kier alpha value is -3.41. The molecule has 2 unspecified atom stereocenters. The highest BCUT2D eigenvalue weighted by atomic mass is 31.2. The van der Waals surface area contributed by atoms with Crippen molar-refractivity contribution in [2.45, 2.75) is 0 Å². The van der Waals surface area contributed by atoms with Crippen molar-refractivity contribution in [3.63, 3.8) is 0 Å². The van der Waals surface area contributed by atoms with Gasteiger partial charge in [-0.2, -0.15) is 0 Å². The minimum Gasteiger partial charge on any atom is -0.319 e. The molecule has 4 aromatic carbocycles. The molecular weight excluding hydrogens is 431 g/mol. The predicted molar refractivity (Wildman–Crippen MR) is 145 cm³/mol. The van der Waals surface area contributed by atoms with Crippen molar-refractivity contribution in [2.24, 2.45) is 11.8 Å². The Morgan fingerprint density at radius 2 is 1.12 bits per heavy atom. The minimum absolute atomic E-state index is 0.252. The second-order valence-corrected chi connectivity index (χ2v) is 12.9. The number of allylic oxidation sites excluding steroid dienone is 4. The maximum absolute atomic E-state index is 12.6. The largest absolute Gasteiger partial charge is 0.319 e. The van der Waals surface area contributed by atoms with E-state index in [0.29, 0.717) is 0 Å². The number of rotatable bonds is 3. The molecule has 2 atom stereocenters. The molecule has 0 saturated carbocycles. The average molecular weight is 459 g/mol. The van der Waals surface area contributed by atoms with Crippen LogP contribution in [-0.2, 0) is 4.57 Å². The molecule has 0 amide bonds. The number of hydrogen-bond donors (Lipinski definition) is 0. The fraction of sp³-hybridized carbons (Fsp3) is 0.125. The van der Waals surface area contributed by atoms with Crippen LogP contribution in [-0.4, -0.2) is 13.3 Å². The molecule has 1 nitrogen and oxygen atoms in total. The van der Waals surface area contributed by atoms with Gasteiger partial charge in [0.2, 0.25) is 0 Å². The Morgan fingerprint density at radius 1 is 0.588 bits per heavy atom. The second-order valence-electron chi connectivity index (χ2n) is 9.65. The zero-order chi connectivity index (χ0) is 23.3. The third kappa shape index (κ3) is 3.52.